The number of para-hydroxylation sites is 1. The maximum Gasteiger partial charge on any atom is 0.273 e. The van der Waals surface area contributed by atoms with Gasteiger partial charge in [0, 0.05) is 22.8 Å². The fourth-order valence-corrected chi connectivity index (χ4v) is 2.03. The fourth-order valence-electron chi connectivity index (χ4n) is 1.01. The summed E-state index contributed by atoms with van der Waals surface area (Å²) in [5.41, 5.74) is -0.000810. The van der Waals surface area contributed by atoms with Crippen LogP contribution in [0.2, 0.25) is 0 Å². The molecule has 0 radical (unpaired) electrons. The standard InChI is InChI=1S/C7H7NO4S2/c9-8(10)7-4-2-1-3-6(7)5-14(11,12)13/h1-4H,5H2,(H,11,12,13). The van der Waals surface area contributed by atoms with Gasteiger partial charge in [-0.3, -0.25) is 10.1 Å². The lowest BCUT2D eigenvalue weighted by Crippen LogP contribution is -2.03. The predicted molar refractivity (Wildman–Crippen MR) is 54.9 cm³/mol. The molecular formula is C7H7NO4S2. The average Bonchev–Trinajstić information content (AvgIpc) is 2.01. The zero-order chi connectivity index (χ0) is 10.8. The Morgan fingerprint density at radius 2 is 2.07 bits per heavy atom. The molecule has 0 aromatic heterocycles. The molecule has 0 bridgehead atoms. The first-order chi connectivity index (χ1) is 6.40. The summed E-state index contributed by atoms with van der Waals surface area (Å²) < 4.78 is 19.8. The van der Waals surface area contributed by atoms with Crippen molar-refractivity contribution in [2.45, 2.75) is 5.75 Å². The smallest absolute Gasteiger partial charge is 0.273 e. The van der Waals surface area contributed by atoms with E-state index in [4.69, 9.17) is 4.55 Å². The molecule has 0 aliphatic rings. The number of hydrogen-bond acceptors (Lipinski definition) is 4. The van der Waals surface area contributed by atoms with E-state index in [1.165, 1.54) is 18.2 Å². The van der Waals surface area contributed by atoms with E-state index >= 15 is 0 Å². The molecule has 1 aromatic rings. The van der Waals surface area contributed by atoms with Gasteiger partial charge in [0.05, 0.1) is 10.7 Å². The molecule has 0 spiro atoms. The van der Waals surface area contributed by atoms with Crippen LogP contribution in [0, 0.1) is 10.1 Å². The highest BCUT2D eigenvalue weighted by Crippen LogP contribution is 2.19. The molecule has 0 heterocycles. The van der Waals surface area contributed by atoms with Gasteiger partial charge in [-0.25, -0.2) is 4.21 Å². The van der Waals surface area contributed by atoms with E-state index in [-0.39, 0.29) is 17.0 Å². The van der Waals surface area contributed by atoms with Gasteiger partial charge in [-0.2, -0.15) is 0 Å². The molecular weight excluding hydrogens is 226 g/mol. The van der Waals surface area contributed by atoms with Crippen LogP contribution in [0.25, 0.3) is 0 Å². The Morgan fingerprint density at radius 3 is 2.57 bits per heavy atom. The van der Waals surface area contributed by atoms with Crippen molar-refractivity contribution >= 4 is 25.6 Å². The van der Waals surface area contributed by atoms with Gasteiger partial charge >= 0.3 is 0 Å². The molecule has 0 aliphatic heterocycles. The maximum atomic E-state index is 10.9. The van der Waals surface area contributed by atoms with Gasteiger partial charge in [0.2, 0.25) is 0 Å². The van der Waals surface area contributed by atoms with Crippen LogP contribution in [0.15, 0.2) is 24.3 Å². The van der Waals surface area contributed by atoms with Crippen molar-refractivity contribution in [1.29, 1.82) is 0 Å². The highest BCUT2D eigenvalue weighted by molar-refractivity contribution is 8.29. The second-order valence-corrected chi connectivity index (χ2v) is 5.63. The van der Waals surface area contributed by atoms with E-state index < -0.39 is 13.7 Å². The minimum Gasteiger partial charge on any atom is -0.305 e. The summed E-state index contributed by atoms with van der Waals surface area (Å²) in [6.45, 7) is 0. The van der Waals surface area contributed by atoms with Crippen molar-refractivity contribution < 1.29 is 13.7 Å². The number of rotatable bonds is 3. The second-order valence-electron chi connectivity index (χ2n) is 2.61. The zero-order valence-electron chi connectivity index (χ0n) is 6.95. The average molecular weight is 233 g/mol. The molecule has 14 heavy (non-hydrogen) atoms. The van der Waals surface area contributed by atoms with Crippen LogP contribution >= 0.6 is 0 Å². The highest BCUT2D eigenvalue weighted by Gasteiger charge is 2.15. The normalized spacial score (nSPS) is 14.6. The first-order valence-corrected chi connectivity index (χ1v) is 6.18. The van der Waals surface area contributed by atoms with Gasteiger partial charge in [-0.15, -0.1) is 0 Å². The van der Waals surface area contributed by atoms with Gasteiger partial charge in [-0.05, 0) is 0 Å². The lowest BCUT2D eigenvalue weighted by Gasteiger charge is -2.01. The van der Waals surface area contributed by atoms with Crippen molar-refractivity contribution in [3.05, 3.63) is 39.9 Å². The van der Waals surface area contributed by atoms with E-state index in [2.05, 4.69) is 11.2 Å². The molecule has 1 atom stereocenters. The second kappa shape index (κ2) is 3.99. The van der Waals surface area contributed by atoms with Crippen LogP contribution in [-0.4, -0.2) is 13.7 Å². The van der Waals surface area contributed by atoms with E-state index in [0.717, 1.165) is 0 Å². The van der Waals surface area contributed by atoms with Crippen LogP contribution in [-0.2, 0) is 25.7 Å². The Kier molecular flexibility index (Phi) is 3.14. The number of nitro groups is 1. The molecule has 76 valence electrons. The third-order valence-corrected chi connectivity index (χ3v) is 2.56. The third-order valence-electron chi connectivity index (χ3n) is 1.53. The topological polar surface area (TPSA) is 80.4 Å². The first kappa shape index (κ1) is 11.0. The van der Waals surface area contributed by atoms with Crippen molar-refractivity contribution in [2.24, 2.45) is 0 Å². The van der Waals surface area contributed by atoms with Crippen LogP contribution in [0.3, 0.4) is 0 Å². The maximum absolute atomic E-state index is 10.9. The molecule has 0 saturated heterocycles. The molecule has 5 nitrogen and oxygen atoms in total. The molecule has 0 aliphatic carbocycles. The van der Waals surface area contributed by atoms with Gasteiger partial charge in [0.25, 0.3) is 5.69 Å². The monoisotopic (exact) mass is 233 g/mol. The summed E-state index contributed by atoms with van der Waals surface area (Å²) in [5, 5.41) is 10.5. The van der Waals surface area contributed by atoms with E-state index in [0.29, 0.717) is 0 Å². The van der Waals surface area contributed by atoms with Crippen LogP contribution in [0.4, 0.5) is 5.69 Å². The Morgan fingerprint density at radius 1 is 1.50 bits per heavy atom. The number of hydrogen-bond donors (Lipinski definition) is 1. The third kappa shape index (κ3) is 3.02. The van der Waals surface area contributed by atoms with E-state index in [9.17, 15) is 14.3 Å². The molecule has 7 heteroatoms. The van der Waals surface area contributed by atoms with Crippen LogP contribution in [0.5, 0.6) is 0 Å². The van der Waals surface area contributed by atoms with Crippen LogP contribution < -0.4 is 0 Å². The van der Waals surface area contributed by atoms with Crippen molar-refractivity contribution in [1.82, 2.24) is 0 Å². The summed E-state index contributed by atoms with van der Waals surface area (Å²) in [6.07, 6.45) is 0. The minimum atomic E-state index is -3.40. The summed E-state index contributed by atoms with van der Waals surface area (Å²) in [6, 6.07) is 5.74. The summed E-state index contributed by atoms with van der Waals surface area (Å²) in [4.78, 5) is 9.90. The summed E-state index contributed by atoms with van der Waals surface area (Å²) in [7, 11) is -3.40. The minimum absolute atomic E-state index is 0.181. The molecule has 1 aromatic carbocycles. The summed E-state index contributed by atoms with van der Waals surface area (Å²) >= 11 is 4.27. The first-order valence-electron chi connectivity index (χ1n) is 3.57. The molecule has 0 fully saturated rings. The van der Waals surface area contributed by atoms with Crippen LogP contribution in [0.1, 0.15) is 5.56 Å². The Balaban J connectivity index is 3.15. The fraction of sp³-hybridized carbons (Fsp3) is 0.143. The largest absolute Gasteiger partial charge is 0.305 e. The molecule has 1 unspecified atom stereocenters. The van der Waals surface area contributed by atoms with Gasteiger partial charge in [0.1, 0.15) is 8.77 Å². The Labute approximate surface area is 85.4 Å². The van der Waals surface area contributed by atoms with Gasteiger partial charge < -0.3 is 4.55 Å². The predicted octanol–water partition coefficient (Wildman–Crippen LogP) is 1.31. The number of nitro benzene ring substituents is 1. The SMILES string of the molecule is O=[N+]([O-])c1ccccc1CS(=O)(O)=S. The number of benzene rings is 1. The highest BCUT2D eigenvalue weighted by atomic mass is 32.8. The number of nitrogens with zero attached hydrogens (tertiary/aromatic N) is 1. The Bertz CT molecular complexity index is 455. The van der Waals surface area contributed by atoms with Crippen molar-refractivity contribution in [3.63, 3.8) is 0 Å². The van der Waals surface area contributed by atoms with Gasteiger partial charge in [0.15, 0.2) is 0 Å². The molecule has 1 N–H and O–H groups in total. The van der Waals surface area contributed by atoms with Crippen molar-refractivity contribution in [2.75, 3.05) is 0 Å². The lowest BCUT2D eigenvalue weighted by atomic mass is 10.2. The van der Waals surface area contributed by atoms with Crippen molar-refractivity contribution in [3.8, 4) is 0 Å². The molecule has 0 amide bonds. The van der Waals surface area contributed by atoms with E-state index in [1.54, 1.807) is 6.07 Å². The Hall–Kier alpha value is -1.05. The van der Waals surface area contributed by atoms with Gasteiger partial charge in [-0.1, -0.05) is 18.2 Å². The van der Waals surface area contributed by atoms with E-state index in [1.807, 2.05) is 0 Å². The zero-order valence-corrected chi connectivity index (χ0v) is 8.59. The molecule has 0 saturated carbocycles. The molecule has 1 rings (SSSR count). The lowest BCUT2D eigenvalue weighted by molar-refractivity contribution is -0.385. The summed E-state index contributed by atoms with van der Waals surface area (Å²) in [5.74, 6) is -0.376. The quantitative estimate of drug-likeness (QED) is 0.629.